The van der Waals surface area contributed by atoms with E-state index in [4.69, 9.17) is 9.47 Å². The Morgan fingerprint density at radius 2 is 2.09 bits per heavy atom. The fourth-order valence-corrected chi connectivity index (χ4v) is 3.96. The van der Waals surface area contributed by atoms with Gasteiger partial charge in [0, 0.05) is 31.4 Å². The molecule has 23 heavy (non-hydrogen) atoms. The SMILES string of the molecule is c1ccc(OC2COC3(CCN(Cc4csnn4)CC3)C2)cc1. The second-order valence-corrected chi connectivity index (χ2v) is 7.03. The van der Waals surface area contributed by atoms with E-state index in [-0.39, 0.29) is 11.7 Å². The monoisotopic (exact) mass is 331 g/mol. The number of nitrogens with zero attached hydrogens (tertiary/aromatic N) is 3. The minimum Gasteiger partial charge on any atom is -0.488 e. The molecule has 6 heteroatoms. The molecule has 1 atom stereocenters. The first-order chi connectivity index (χ1) is 11.3. The van der Waals surface area contributed by atoms with E-state index in [1.807, 2.05) is 35.7 Å². The van der Waals surface area contributed by atoms with E-state index in [2.05, 4.69) is 14.5 Å². The lowest BCUT2D eigenvalue weighted by molar-refractivity contribution is -0.0456. The van der Waals surface area contributed by atoms with E-state index >= 15 is 0 Å². The molecule has 1 aromatic heterocycles. The van der Waals surface area contributed by atoms with Gasteiger partial charge in [0.15, 0.2) is 0 Å². The molecule has 0 radical (unpaired) electrons. The highest BCUT2D eigenvalue weighted by Gasteiger charge is 2.43. The number of ether oxygens (including phenoxy) is 2. The predicted molar refractivity (Wildman–Crippen MR) is 88.6 cm³/mol. The zero-order valence-corrected chi connectivity index (χ0v) is 13.9. The Hall–Kier alpha value is -1.50. The van der Waals surface area contributed by atoms with Crippen LogP contribution in [0, 0.1) is 0 Å². The van der Waals surface area contributed by atoms with Crippen LogP contribution in [-0.4, -0.2) is 45.9 Å². The van der Waals surface area contributed by atoms with Gasteiger partial charge in [-0.05, 0) is 36.5 Å². The standard InChI is InChI=1S/C17H21N3O2S/c1-2-4-15(5-3-1)22-16-10-17(21-12-16)6-8-20(9-7-17)11-14-13-23-19-18-14/h1-5,13,16H,6-12H2. The first kappa shape index (κ1) is 15.1. The van der Waals surface area contributed by atoms with Crippen molar-refractivity contribution in [1.82, 2.24) is 14.5 Å². The Kier molecular flexibility index (Phi) is 4.29. The molecule has 2 aliphatic heterocycles. The smallest absolute Gasteiger partial charge is 0.125 e. The lowest BCUT2D eigenvalue weighted by atomic mass is 9.88. The molecule has 1 unspecified atom stereocenters. The summed E-state index contributed by atoms with van der Waals surface area (Å²) in [6.07, 6.45) is 3.30. The number of rotatable bonds is 4. The number of para-hydroxylation sites is 1. The first-order valence-electron chi connectivity index (χ1n) is 8.15. The lowest BCUT2D eigenvalue weighted by Gasteiger charge is -2.38. The van der Waals surface area contributed by atoms with Crippen LogP contribution in [0.15, 0.2) is 35.7 Å². The predicted octanol–water partition coefficient (Wildman–Crippen LogP) is 2.74. The minimum atomic E-state index is 0.0102. The van der Waals surface area contributed by atoms with Crippen molar-refractivity contribution in [2.45, 2.75) is 37.5 Å². The van der Waals surface area contributed by atoms with Crippen LogP contribution < -0.4 is 4.74 Å². The largest absolute Gasteiger partial charge is 0.488 e. The molecule has 0 aliphatic carbocycles. The molecule has 0 saturated carbocycles. The maximum atomic E-state index is 6.17. The van der Waals surface area contributed by atoms with Crippen molar-refractivity contribution in [3.05, 3.63) is 41.4 Å². The summed E-state index contributed by atoms with van der Waals surface area (Å²) < 4.78 is 16.2. The van der Waals surface area contributed by atoms with Gasteiger partial charge in [0.2, 0.25) is 0 Å². The average Bonchev–Trinajstić information content (AvgIpc) is 3.22. The molecule has 4 rings (SSSR count). The molecule has 0 N–H and O–H groups in total. The van der Waals surface area contributed by atoms with Gasteiger partial charge in [0.1, 0.15) is 11.9 Å². The minimum absolute atomic E-state index is 0.0102. The van der Waals surface area contributed by atoms with E-state index in [9.17, 15) is 0 Å². The molecule has 3 heterocycles. The molecule has 2 aromatic rings. The van der Waals surface area contributed by atoms with Gasteiger partial charge in [-0.15, -0.1) is 5.10 Å². The number of hydrogen-bond donors (Lipinski definition) is 0. The van der Waals surface area contributed by atoms with Crippen LogP contribution in [0.2, 0.25) is 0 Å². The Morgan fingerprint density at radius 3 is 2.83 bits per heavy atom. The Labute approximate surface area is 140 Å². The number of benzene rings is 1. The van der Waals surface area contributed by atoms with Gasteiger partial charge in [0.05, 0.1) is 17.9 Å². The van der Waals surface area contributed by atoms with E-state index in [1.165, 1.54) is 11.5 Å². The van der Waals surface area contributed by atoms with Gasteiger partial charge in [-0.3, -0.25) is 4.90 Å². The van der Waals surface area contributed by atoms with Crippen LogP contribution in [0.4, 0.5) is 0 Å². The summed E-state index contributed by atoms with van der Waals surface area (Å²) in [5, 5.41) is 6.16. The summed E-state index contributed by atoms with van der Waals surface area (Å²) >= 11 is 1.42. The fourth-order valence-electron chi connectivity index (χ4n) is 3.52. The Balaban J connectivity index is 1.29. The Bertz CT molecular complexity index is 612. The molecule has 2 aliphatic rings. The van der Waals surface area contributed by atoms with E-state index in [0.717, 1.165) is 50.3 Å². The number of hydrogen-bond acceptors (Lipinski definition) is 6. The molecule has 122 valence electrons. The van der Waals surface area contributed by atoms with Crippen LogP contribution in [0.1, 0.15) is 25.0 Å². The summed E-state index contributed by atoms with van der Waals surface area (Å²) in [7, 11) is 0. The maximum absolute atomic E-state index is 6.17. The first-order valence-corrected chi connectivity index (χ1v) is 8.99. The molecule has 5 nitrogen and oxygen atoms in total. The summed E-state index contributed by atoms with van der Waals surface area (Å²) in [6, 6.07) is 10.0. The summed E-state index contributed by atoms with van der Waals surface area (Å²) in [6.45, 7) is 3.70. The van der Waals surface area contributed by atoms with E-state index in [1.54, 1.807) is 0 Å². The van der Waals surface area contributed by atoms with Gasteiger partial charge in [-0.2, -0.15) is 0 Å². The second-order valence-electron chi connectivity index (χ2n) is 6.42. The van der Waals surface area contributed by atoms with Crippen LogP contribution in [0.3, 0.4) is 0 Å². The zero-order valence-electron chi connectivity index (χ0n) is 13.1. The van der Waals surface area contributed by atoms with Gasteiger partial charge >= 0.3 is 0 Å². The summed E-state index contributed by atoms with van der Waals surface area (Å²) in [4.78, 5) is 2.44. The summed E-state index contributed by atoms with van der Waals surface area (Å²) in [5.41, 5.74) is 1.08. The quantitative estimate of drug-likeness (QED) is 0.862. The maximum Gasteiger partial charge on any atom is 0.125 e. The van der Waals surface area contributed by atoms with Crippen molar-refractivity contribution in [3.8, 4) is 5.75 Å². The molecule has 0 amide bonds. The normalized spacial score (nSPS) is 24.1. The van der Waals surface area contributed by atoms with Crippen molar-refractivity contribution < 1.29 is 9.47 Å². The van der Waals surface area contributed by atoms with Gasteiger partial charge in [-0.1, -0.05) is 22.7 Å². The zero-order chi connectivity index (χ0) is 15.5. The highest BCUT2D eigenvalue weighted by molar-refractivity contribution is 7.03. The van der Waals surface area contributed by atoms with Crippen molar-refractivity contribution in [3.63, 3.8) is 0 Å². The van der Waals surface area contributed by atoms with Crippen molar-refractivity contribution >= 4 is 11.5 Å². The number of piperidine rings is 1. The lowest BCUT2D eigenvalue weighted by Crippen LogP contribution is -2.44. The second kappa shape index (κ2) is 6.55. The van der Waals surface area contributed by atoms with Crippen molar-refractivity contribution in [1.29, 1.82) is 0 Å². The van der Waals surface area contributed by atoms with E-state index in [0.29, 0.717) is 6.61 Å². The molecule has 0 bridgehead atoms. The molecule has 2 saturated heterocycles. The topological polar surface area (TPSA) is 47.5 Å². The van der Waals surface area contributed by atoms with E-state index < -0.39 is 0 Å². The van der Waals surface area contributed by atoms with Gasteiger partial charge < -0.3 is 9.47 Å². The third kappa shape index (κ3) is 3.54. The van der Waals surface area contributed by atoms with Gasteiger partial charge in [0.25, 0.3) is 0 Å². The molecular weight excluding hydrogens is 310 g/mol. The third-order valence-corrected chi connectivity index (χ3v) is 5.33. The fraction of sp³-hybridized carbons (Fsp3) is 0.529. The molecule has 1 aromatic carbocycles. The van der Waals surface area contributed by atoms with Crippen LogP contribution in [0.25, 0.3) is 0 Å². The Morgan fingerprint density at radius 1 is 1.26 bits per heavy atom. The van der Waals surface area contributed by atoms with Crippen molar-refractivity contribution in [2.75, 3.05) is 19.7 Å². The van der Waals surface area contributed by atoms with Gasteiger partial charge in [-0.25, -0.2) is 0 Å². The molecule has 1 spiro atoms. The van der Waals surface area contributed by atoms with Crippen LogP contribution in [-0.2, 0) is 11.3 Å². The van der Waals surface area contributed by atoms with Crippen molar-refractivity contribution in [2.24, 2.45) is 0 Å². The average molecular weight is 331 g/mol. The molecular formula is C17H21N3O2S. The number of aromatic nitrogens is 2. The summed E-state index contributed by atoms with van der Waals surface area (Å²) in [5.74, 6) is 0.937. The molecule has 2 fully saturated rings. The highest BCUT2D eigenvalue weighted by Crippen LogP contribution is 2.37. The van der Waals surface area contributed by atoms with Crippen LogP contribution >= 0.6 is 11.5 Å². The number of likely N-dealkylation sites (tertiary alicyclic amines) is 1. The third-order valence-electron chi connectivity index (χ3n) is 4.78. The highest BCUT2D eigenvalue weighted by atomic mass is 32.1. The van der Waals surface area contributed by atoms with Crippen LogP contribution in [0.5, 0.6) is 5.75 Å².